The number of fused-ring (bicyclic) bond motifs is 1. The molecule has 1 aliphatic heterocycles. The maximum atomic E-state index is 5.54. The quantitative estimate of drug-likeness (QED) is 0.734. The first-order valence-corrected chi connectivity index (χ1v) is 9.86. The van der Waals surface area contributed by atoms with Crippen LogP contribution >= 0.6 is 0 Å². The number of hydrogen-bond donors (Lipinski definition) is 1. The lowest BCUT2D eigenvalue weighted by molar-refractivity contribution is 0.0187. The summed E-state index contributed by atoms with van der Waals surface area (Å²) in [5.74, 6) is 1.69. The first-order valence-electron chi connectivity index (χ1n) is 9.86. The van der Waals surface area contributed by atoms with Crippen LogP contribution in [0.5, 0.6) is 0 Å². The molecule has 0 aliphatic carbocycles. The zero-order valence-corrected chi connectivity index (χ0v) is 16.8. The Balaban J connectivity index is 1.56. The molecule has 1 fully saturated rings. The predicted octanol–water partition coefficient (Wildman–Crippen LogP) is 2.91. The van der Waals surface area contributed by atoms with Crippen molar-refractivity contribution in [2.45, 2.75) is 32.2 Å². The van der Waals surface area contributed by atoms with E-state index in [1.165, 1.54) is 5.56 Å². The lowest BCUT2D eigenvalue weighted by atomic mass is 9.96. The molecule has 4 rings (SSSR count). The van der Waals surface area contributed by atoms with Crippen LogP contribution in [0, 0.1) is 0 Å². The molecule has 1 atom stereocenters. The number of rotatable bonds is 5. The van der Waals surface area contributed by atoms with Gasteiger partial charge in [0.05, 0.1) is 19.3 Å². The second-order valence-electron chi connectivity index (χ2n) is 8.22. The topological polar surface area (TPSA) is 67.6 Å². The van der Waals surface area contributed by atoms with Gasteiger partial charge in [-0.05, 0) is 17.7 Å². The SMILES string of the molecule is CC(C)(C)c1nnc2ccc(NCC(c3ccccc3)N3CCOCC3)nn12. The molecular formula is C21H28N6O. The molecule has 148 valence electrons. The van der Waals surface area contributed by atoms with Crippen LogP contribution in [-0.4, -0.2) is 57.6 Å². The van der Waals surface area contributed by atoms with Gasteiger partial charge in [-0.1, -0.05) is 51.1 Å². The zero-order chi connectivity index (χ0) is 19.6. The summed E-state index contributed by atoms with van der Waals surface area (Å²) in [5.41, 5.74) is 1.95. The molecule has 1 unspecified atom stereocenters. The number of morpholine rings is 1. The van der Waals surface area contributed by atoms with Crippen LogP contribution in [0.25, 0.3) is 5.65 Å². The fourth-order valence-electron chi connectivity index (χ4n) is 3.57. The van der Waals surface area contributed by atoms with E-state index in [0.717, 1.165) is 50.1 Å². The van der Waals surface area contributed by atoms with Gasteiger partial charge in [0.25, 0.3) is 0 Å². The van der Waals surface area contributed by atoms with Crippen molar-refractivity contribution in [1.29, 1.82) is 0 Å². The average Bonchev–Trinajstić information content (AvgIpc) is 3.14. The Hall–Kier alpha value is -2.51. The van der Waals surface area contributed by atoms with E-state index in [-0.39, 0.29) is 11.5 Å². The van der Waals surface area contributed by atoms with Crippen LogP contribution in [0.3, 0.4) is 0 Å². The van der Waals surface area contributed by atoms with Crippen molar-refractivity contribution in [3.8, 4) is 0 Å². The lowest BCUT2D eigenvalue weighted by Gasteiger charge is -2.35. The van der Waals surface area contributed by atoms with E-state index >= 15 is 0 Å². The van der Waals surface area contributed by atoms with Gasteiger partial charge in [-0.2, -0.15) is 4.52 Å². The molecule has 3 heterocycles. The molecule has 0 spiro atoms. The third kappa shape index (κ3) is 4.00. The second-order valence-corrected chi connectivity index (χ2v) is 8.22. The van der Waals surface area contributed by atoms with Crippen LogP contribution in [-0.2, 0) is 10.2 Å². The van der Waals surface area contributed by atoms with E-state index in [9.17, 15) is 0 Å². The van der Waals surface area contributed by atoms with Crippen molar-refractivity contribution in [3.63, 3.8) is 0 Å². The van der Waals surface area contributed by atoms with Gasteiger partial charge in [-0.25, -0.2) is 0 Å². The van der Waals surface area contributed by atoms with E-state index in [0.29, 0.717) is 0 Å². The number of nitrogens with zero attached hydrogens (tertiary/aromatic N) is 5. The van der Waals surface area contributed by atoms with Gasteiger partial charge in [0.2, 0.25) is 0 Å². The van der Waals surface area contributed by atoms with Gasteiger partial charge in [-0.15, -0.1) is 15.3 Å². The fourth-order valence-corrected chi connectivity index (χ4v) is 3.57. The highest BCUT2D eigenvalue weighted by Crippen LogP contribution is 2.23. The molecule has 1 saturated heterocycles. The highest BCUT2D eigenvalue weighted by molar-refractivity contribution is 5.44. The van der Waals surface area contributed by atoms with Gasteiger partial charge in [0.1, 0.15) is 5.82 Å². The number of hydrogen-bond acceptors (Lipinski definition) is 6. The molecule has 1 aromatic carbocycles. The molecule has 0 saturated carbocycles. The van der Waals surface area contributed by atoms with Crippen molar-refractivity contribution >= 4 is 11.5 Å². The molecule has 1 N–H and O–H groups in total. The standard InChI is InChI=1S/C21H28N6O/c1-21(2,3)20-24-23-19-10-9-18(25-27(19)20)22-15-17(16-7-5-4-6-8-16)26-11-13-28-14-12-26/h4-10,17H,11-15H2,1-3H3,(H,22,25). The number of ether oxygens (including phenoxy) is 1. The predicted molar refractivity (Wildman–Crippen MR) is 110 cm³/mol. The summed E-state index contributed by atoms with van der Waals surface area (Å²) in [6.45, 7) is 10.6. The minimum absolute atomic E-state index is 0.120. The first kappa shape index (κ1) is 18.8. The maximum Gasteiger partial charge on any atom is 0.178 e. The minimum Gasteiger partial charge on any atom is -0.379 e. The van der Waals surface area contributed by atoms with Crippen LogP contribution in [0.4, 0.5) is 5.82 Å². The molecular weight excluding hydrogens is 352 g/mol. The van der Waals surface area contributed by atoms with Gasteiger partial charge in [0.15, 0.2) is 11.5 Å². The summed E-state index contributed by atoms with van der Waals surface area (Å²) in [6, 6.07) is 14.8. The number of aromatic nitrogens is 4. The maximum absolute atomic E-state index is 5.54. The van der Waals surface area contributed by atoms with Gasteiger partial charge >= 0.3 is 0 Å². The van der Waals surface area contributed by atoms with Crippen LogP contribution in [0.15, 0.2) is 42.5 Å². The van der Waals surface area contributed by atoms with E-state index < -0.39 is 0 Å². The zero-order valence-electron chi connectivity index (χ0n) is 16.8. The van der Waals surface area contributed by atoms with Crippen molar-refractivity contribution in [2.75, 3.05) is 38.2 Å². The molecule has 0 bridgehead atoms. The third-order valence-corrected chi connectivity index (χ3v) is 5.08. The molecule has 7 nitrogen and oxygen atoms in total. The molecule has 2 aromatic heterocycles. The smallest absolute Gasteiger partial charge is 0.178 e. The van der Waals surface area contributed by atoms with E-state index in [4.69, 9.17) is 9.84 Å². The largest absolute Gasteiger partial charge is 0.379 e. The fraction of sp³-hybridized carbons (Fsp3) is 0.476. The Morgan fingerprint density at radius 2 is 1.79 bits per heavy atom. The first-order chi connectivity index (χ1) is 13.5. The Bertz CT molecular complexity index is 912. The monoisotopic (exact) mass is 380 g/mol. The number of anilines is 1. The van der Waals surface area contributed by atoms with Crippen molar-refractivity contribution in [3.05, 3.63) is 53.9 Å². The molecule has 1 aliphatic rings. The van der Waals surface area contributed by atoms with Crippen LogP contribution in [0.2, 0.25) is 0 Å². The summed E-state index contributed by atoms with van der Waals surface area (Å²) in [6.07, 6.45) is 0. The van der Waals surface area contributed by atoms with E-state index in [1.54, 1.807) is 0 Å². The van der Waals surface area contributed by atoms with Crippen LogP contribution in [0.1, 0.15) is 38.2 Å². The highest BCUT2D eigenvalue weighted by atomic mass is 16.5. The molecule has 7 heteroatoms. The number of benzene rings is 1. The summed E-state index contributed by atoms with van der Waals surface area (Å²) >= 11 is 0. The Labute approximate surface area is 165 Å². The molecule has 28 heavy (non-hydrogen) atoms. The van der Waals surface area contributed by atoms with Crippen molar-refractivity contribution in [1.82, 2.24) is 24.7 Å². The summed E-state index contributed by atoms with van der Waals surface area (Å²) in [5, 5.41) is 16.8. The van der Waals surface area contributed by atoms with Gasteiger partial charge < -0.3 is 10.1 Å². The minimum atomic E-state index is -0.120. The van der Waals surface area contributed by atoms with Gasteiger partial charge in [-0.3, -0.25) is 4.90 Å². The molecule has 0 amide bonds. The lowest BCUT2D eigenvalue weighted by Crippen LogP contribution is -2.41. The van der Waals surface area contributed by atoms with Crippen LogP contribution < -0.4 is 5.32 Å². The Morgan fingerprint density at radius 1 is 1.04 bits per heavy atom. The summed E-state index contributed by atoms with van der Waals surface area (Å²) in [4.78, 5) is 2.48. The summed E-state index contributed by atoms with van der Waals surface area (Å²) < 4.78 is 7.38. The molecule has 0 radical (unpaired) electrons. The highest BCUT2D eigenvalue weighted by Gasteiger charge is 2.24. The number of nitrogens with one attached hydrogen (secondary N) is 1. The average molecular weight is 380 g/mol. The van der Waals surface area contributed by atoms with Crippen molar-refractivity contribution < 1.29 is 4.74 Å². The Kier molecular flexibility index (Phi) is 5.28. The second kappa shape index (κ2) is 7.85. The summed E-state index contributed by atoms with van der Waals surface area (Å²) in [7, 11) is 0. The normalized spacial score (nSPS) is 17.0. The van der Waals surface area contributed by atoms with Gasteiger partial charge in [0, 0.05) is 25.0 Å². The Morgan fingerprint density at radius 3 is 2.50 bits per heavy atom. The van der Waals surface area contributed by atoms with Crippen molar-refractivity contribution in [2.24, 2.45) is 0 Å². The third-order valence-electron chi connectivity index (χ3n) is 5.08. The molecule has 3 aromatic rings. The van der Waals surface area contributed by atoms with E-state index in [2.05, 4.69) is 71.5 Å². The van der Waals surface area contributed by atoms with E-state index in [1.807, 2.05) is 16.6 Å².